The van der Waals surface area contributed by atoms with Crippen LogP contribution in [0.15, 0.2) is 70.4 Å². The highest BCUT2D eigenvalue weighted by Crippen LogP contribution is 2.33. The largest absolute Gasteiger partial charge is 0.446 e. The van der Waals surface area contributed by atoms with Crippen molar-refractivity contribution >= 4 is 39.1 Å². The van der Waals surface area contributed by atoms with Gasteiger partial charge in [-0.15, -0.1) is 0 Å². The summed E-state index contributed by atoms with van der Waals surface area (Å²) in [5.74, 6) is 0. The summed E-state index contributed by atoms with van der Waals surface area (Å²) in [6.45, 7) is 2.76. The van der Waals surface area contributed by atoms with Gasteiger partial charge in [-0.3, -0.25) is 0 Å². The van der Waals surface area contributed by atoms with Crippen molar-refractivity contribution in [3.63, 3.8) is 0 Å². The molecule has 0 unspecified atom stereocenters. The highest BCUT2D eigenvalue weighted by atomic mass is 16.6. The number of nitrogens with two attached hydrogens (primary N) is 1. The molecule has 0 saturated heterocycles. The van der Waals surface area contributed by atoms with E-state index in [0.29, 0.717) is 18.9 Å². The lowest BCUT2D eigenvalue weighted by atomic mass is 10.1. The van der Waals surface area contributed by atoms with E-state index in [4.69, 9.17) is 15.0 Å². The Bertz CT molecular complexity index is 1100. The zero-order valence-corrected chi connectivity index (χ0v) is 15.0. The monoisotopic (exact) mass is 360 g/mol. The van der Waals surface area contributed by atoms with Gasteiger partial charge >= 0.3 is 0 Å². The normalized spacial score (nSPS) is 11.9. The van der Waals surface area contributed by atoms with Crippen LogP contribution >= 0.6 is 0 Å². The molecule has 0 amide bonds. The second-order valence-electron chi connectivity index (χ2n) is 6.14. The predicted molar refractivity (Wildman–Crippen MR) is 108 cm³/mol. The Hall–Kier alpha value is -3.38. The number of hydrogen-bond acceptors (Lipinski definition) is 6. The van der Waals surface area contributed by atoms with Gasteiger partial charge in [0.1, 0.15) is 6.61 Å². The van der Waals surface area contributed by atoms with E-state index >= 15 is 0 Å². The van der Waals surface area contributed by atoms with Crippen molar-refractivity contribution in [3.05, 3.63) is 66.4 Å². The van der Waals surface area contributed by atoms with E-state index in [9.17, 15) is 0 Å². The number of anilines is 2. The highest BCUT2D eigenvalue weighted by Gasteiger charge is 2.11. The van der Waals surface area contributed by atoms with Crippen LogP contribution in [0.4, 0.5) is 11.4 Å². The number of benzene rings is 2. The number of pyridine rings is 1. The molecular formula is C21H20N4O2. The molecule has 0 fully saturated rings. The number of nitrogens with zero attached hydrogens (tertiary/aromatic N) is 2. The molecule has 3 N–H and O–H groups in total. The van der Waals surface area contributed by atoms with Gasteiger partial charge < -0.3 is 20.3 Å². The van der Waals surface area contributed by atoms with Gasteiger partial charge in [0.05, 0.1) is 28.6 Å². The number of hydrogen-bond donors (Lipinski definition) is 2. The topological polar surface area (TPSA) is 85.7 Å². The summed E-state index contributed by atoms with van der Waals surface area (Å²) in [6.07, 6.45) is 1.66. The Morgan fingerprint density at radius 2 is 1.93 bits per heavy atom. The maximum Gasteiger partial charge on any atom is 0.228 e. The number of furan rings is 1. The molecule has 2 aromatic carbocycles. The van der Waals surface area contributed by atoms with E-state index in [0.717, 1.165) is 38.9 Å². The van der Waals surface area contributed by atoms with E-state index < -0.39 is 0 Å². The predicted octanol–water partition coefficient (Wildman–Crippen LogP) is 4.42. The Morgan fingerprint density at radius 1 is 1.11 bits per heavy atom. The van der Waals surface area contributed by atoms with Gasteiger partial charge in [0.15, 0.2) is 0 Å². The van der Waals surface area contributed by atoms with Gasteiger partial charge in [-0.05, 0) is 36.8 Å². The maximum absolute atomic E-state index is 5.51. The quantitative estimate of drug-likeness (QED) is 0.302. The fourth-order valence-corrected chi connectivity index (χ4v) is 2.94. The molecule has 0 radical (unpaired) electrons. The summed E-state index contributed by atoms with van der Waals surface area (Å²) >= 11 is 0. The summed E-state index contributed by atoms with van der Waals surface area (Å²) < 4.78 is 5.51. The van der Waals surface area contributed by atoms with Crippen LogP contribution in [0.3, 0.4) is 0 Å². The molecule has 6 heteroatoms. The van der Waals surface area contributed by atoms with Gasteiger partial charge in [0.25, 0.3) is 0 Å². The average molecular weight is 360 g/mol. The number of rotatable bonds is 6. The first-order valence-electron chi connectivity index (χ1n) is 8.76. The van der Waals surface area contributed by atoms with Crippen LogP contribution in [0, 0.1) is 0 Å². The minimum absolute atomic E-state index is 0.410. The van der Waals surface area contributed by atoms with Crippen LogP contribution in [0.2, 0.25) is 0 Å². The Balaban J connectivity index is 1.66. The third kappa shape index (κ3) is 3.47. The van der Waals surface area contributed by atoms with Gasteiger partial charge in [0, 0.05) is 17.6 Å². The van der Waals surface area contributed by atoms with Gasteiger partial charge in [-0.25, -0.2) is 4.98 Å². The zero-order chi connectivity index (χ0) is 18.6. The third-order valence-corrected chi connectivity index (χ3v) is 4.29. The molecule has 0 bridgehead atoms. The second kappa shape index (κ2) is 7.47. The summed E-state index contributed by atoms with van der Waals surface area (Å²) in [5.41, 5.74) is 10.7. The van der Waals surface area contributed by atoms with E-state index in [1.807, 2.05) is 55.5 Å². The molecule has 0 atom stereocenters. The number of aromatic nitrogens is 1. The molecule has 4 aromatic rings. The summed E-state index contributed by atoms with van der Waals surface area (Å²) in [4.78, 5) is 9.71. The molecule has 0 aliphatic rings. The highest BCUT2D eigenvalue weighted by molar-refractivity contribution is 6.07. The van der Waals surface area contributed by atoms with Crippen molar-refractivity contribution in [1.82, 2.24) is 4.98 Å². The molecule has 4 rings (SSSR count). The molecule has 0 spiro atoms. The molecule has 6 nitrogen and oxygen atoms in total. The number of fused-ring (bicyclic) bond motifs is 2. The first-order chi connectivity index (χ1) is 13.3. The van der Waals surface area contributed by atoms with Crippen LogP contribution < -0.4 is 11.1 Å². The number of para-hydroxylation sites is 1. The molecule has 27 heavy (non-hydrogen) atoms. The third-order valence-electron chi connectivity index (χ3n) is 4.29. The summed E-state index contributed by atoms with van der Waals surface area (Å²) in [7, 11) is 0. The molecular weight excluding hydrogens is 340 g/mol. The lowest BCUT2D eigenvalue weighted by Gasteiger charge is -2.11. The summed E-state index contributed by atoms with van der Waals surface area (Å²) in [6, 6.07) is 18.0. The van der Waals surface area contributed by atoms with Gasteiger partial charge in [-0.2, -0.15) is 0 Å². The summed E-state index contributed by atoms with van der Waals surface area (Å²) in [5, 5.41) is 9.57. The molecule has 136 valence electrons. The van der Waals surface area contributed by atoms with Crippen LogP contribution in [0.25, 0.3) is 22.0 Å². The Labute approximate surface area is 156 Å². The minimum atomic E-state index is 0.410. The van der Waals surface area contributed by atoms with Crippen LogP contribution in [0.1, 0.15) is 12.5 Å². The number of oxime groups is 1. The zero-order valence-electron chi connectivity index (χ0n) is 15.0. The molecule has 0 aliphatic heterocycles. The Morgan fingerprint density at radius 3 is 2.74 bits per heavy atom. The van der Waals surface area contributed by atoms with Crippen molar-refractivity contribution in [1.29, 1.82) is 0 Å². The molecule has 2 aromatic heterocycles. The van der Waals surface area contributed by atoms with Crippen molar-refractivity contribution < 1.29 is 9.25 Å². The van der Waals surface area contributed by atoms with Crippen molar-refractivity contribution in [2.75, 3.05) is 18.5 Å². The van der Waals surface area contributed by atoms with Crippen molar-refractivity contribution in [3.8, 4) is 0 Å². The smallest absolute Gasteiger partial charge is 0.228 e. The van der Waals surface area contributed by atoms with E-state index in [1.54, 1.807) is 6.26 Å². The van der Waals surface area contributed by atoms with E-state index in [-0.39, 0.29) is 0 Å². The van der Waals surface area contributed by atoms with Crippen molar-refractivity contribution in [2.45, 2.75) is 6.92 Å². The average Bonchev–Trinajstić information content (AvgIpc) is 3.17. The van der Waals surface area contributed by atoms with Crippen LogP contribution in [-0.4, -0.2) is 23.8 Å². The number of nitrogens with one attached hydrogen (secondary N) is 1. The van der Waals surface area contributed by atoms with Crippen LogP contribution in [0.5, 0.6) is 0 Å². The first kappa shape index (κ1) is 17.1. The fraction of sp³-hybridized carbons (Fsp3) is 0.143. The first-order valence-corrected chi connectivity index (χ1v) is 8.76. The second-order valence-corrected chi connectivity index (χ2v) is 6.14. The van der Waals surface area contributed by atoms with Crippen LogP contribution in [-0.2, 0) is 4.84 Å². The molecule has 2 heterocycles. The Kier molecular flexibility index (Phi) is 4.72. The van der Waals surface area contributed by atoms with Crippen molar-refractivity contribution in [2.24, 2.45) is 10.9 Å². The lowest BCUT2D eigenvalue weighted by Crippen LogP contribution is -2.07. The van der Waals surface area contributed by atoms with Gasteiger partial charge in [0.2, 0.25) is 5.71 Å². The molecule has 0 aliphatic carbocycles. The minimum Gasteiger partial charge on any atom is -0.446 e. The lowest BCUT2D eigenvalue weighted by molar-refractivity contribution is 0.152. The van der Waals surface area contributed by atoms with E-state index in [2.05, 4.69) is 21.5 Å². The molecule has 0 saturated carbocycles. The van der Waals surface area contributed by atoms with E-state index in [1.165, 1.54) is 0 Å². The standard InChI is InChI=1S/C21H20N4O2/c1-14(25-27-13-11-22)15-6-8-16(9-7-15)23-20-17-4-2-3-5-19(17)24-21-18(20)10-12-26-21/h2-10,12H,11,13,22H2,1H3,(H,23,24). The fourth-order valence-electron chi connectivity index (χ4n) is 2.94. The SMILES string of the molecule is CC(=NOCCN)c1ccc(Nc2c3ccccc3nc3occc23)cc1. The maximum atomic E-state index is 5.51. The van der Waals surface area contributed by atoms with Gasteiger partial charge in [-0.1, -0.05) is 35.5 Å².